The Balaban J connectivity index is 1.56. The zero-order chi connectivity index (χ0) is 19.9. The number of nitrogens with one attached hydrogen (secondary N) is 1. The fourth-order valence-corrected chi connectivity index (χ4v) is 2.81. The second kappa shape index (κ2) is 9.09. The maximum absolute atomic E-state index is 12.3. The van der Waals surface area contributed by atoms with Crippen LogP contribution in [-0.2, 0) is 4.79 Å². The number of amides is 1. The van der Waals surface area contributed by atoms with Crippen LogP contribution >= 0.6 is 0 Å². The number of carbonyl (C=O) groups is 1. The molecule has 0 saturated carbocycles. The van der Waals surface area contributed by atoms with Gasteiger partial charge in [-0.3, -0.25) is 4.79 Å². The summed E-state index contributed by atoms with van der Waals surface area (Å²) in [6.07, 6.45) is 0. The Hall–Kier alpha value is -3.27. The molecule has 0 radical (unpaired) electrons. The van der Waals surface area contributed by atoms with E-state index in [1.165, 1.54) is 0 Å². The molecule has 1 N–H and O–H groups in total. The fraction of sp³-hybridized carbons (Fsp3) is 0.208. The summed E-state index contributed by atoms with van der Waals surface area (Å²) >= 11 is 0. The van der Waals surface area contributed by atoms with Gasteiger partial charge in [-0.05, 0) is 66.4 Å². The molecule has 0 spiro atoms. The molecule has 0 unspecified atom stereocenters. The number of carbonyl (C=O) groups excluding carboxylic acids is 1. The third-order valence-electron chi connectivity index (χ3n) is 4.27. The number of aryl methyl sites for hydroxylation is 1. The van der Waals surface area contributed by atoms with Crippen molar-refractivity contribution >= 4 is 11.6 Å². The van der Waals surface area contributed by atoms with Gasteiger partial charge in [-0.2, -0.15) is 0 Å². The molecule has 1 amide bonds. The summed E-state index contributed by atoms with van der Waals surface area (Å²) in [5.41, 5.74) is 2.90. The third-order valence-corrected chi connectivity index (χ3v) is 4.27. The van der Waals surface area contributed by atoms with Crippen molar-refractivity contribution in [3.8, 4) is 17.2 Å². The predicted molar refractivity (Wildman–Crippen MR) is 112 cm³/mol. The zero-order valence-electron chi connectivity index (χ0n) is 16.4. The van der Waals surface area contributed by atoms with Gasteiger partial charge in [0.2, 0.25) is 0 Å². The van der Waals surface area contributed by atoms with Crippen LogP contribution in [0.4, 0.5) is 5.69 Å². The van der Waals surface area contributed by atoms with Crippen LogP contribution in [0.25, 0.3) is 0 Å². The van der Waals surface area contributed by atoms with E-state index in [1.807, 2.05) is 67.6 Å². The molecule has 0 atom stereocenters. The average molecular weight is 375 g/mol. The lowest BCUT2D eigenvalue weighted by atomic mass is 10.0. The van der Waals surface area contributed by atoms with Crippen molar-refractivity contribution in [2.45, 2.75) is 26.7 Å². The van der Waals surface area contributed by atoms with Crippen LogP contribution in [0.5, 0.6) is 17.2 Å². The maximum Gasteiger partial charge on any atom is 0.262 e. The quantitative estimate of drug-likeness (QED) is 0.557. The largest absolute Gasteiger partial charge is 0.483 e. The van der Waals surface area contributed by atoms with E-state index in [0.29, 0.717) is 17.4 Å². The highest BCUT2D eigenvalue weighted by atomic mass is 16.5. The number of benzene rings is 3. The van der Waals surface area contributed by atoms with Crippen molar-refractivity contribution in [3.63, 3.8) is 0 Å². The molecule has 144 valence electrons. The summed E-state index contributed by atoms with van der Waals surface area (Å²) in [6, 6.07) is 22.9. The molecule has 0 bridgehead atoms. The summed E-state index contributed by atoms with van der Waals surface area (Å²) in [7, 11) is 0. The molecule has 3 aromatic rings. The van der Waals surface area contributed by atoms with Crippen LogP contribution in [0.3, 0.4) is 0 Å². The lowest BCUT2D eigenvalue weighted by molar-refractivity contribution is -0.118. The zero-order valence-corrected chi connectivity index (χ0v) is 16.4. The molecule has 0 saturated heterocycles. The molecule has 0 heterocycles. The SMILES string of the molecule is Cc1ccc(C(C)C)c(OCC(=O)Nc2ccc(Oc3ccccc3)cc2)c1. The average Bonchev–Trinajstić information content (AvgIpc) is 2.68. The van der Waals surface area contributed by atoms with E-state index in [0.717, 1.165) is 22.6 Å². The van der Waals surface area contributed by atoms with Crippen molar-refractivity contribution in [1.82, 2.24) is 0 Å². The second-order valence-corrected chi connectivity index (χ2v) is 6.97. The molecule has 0 fully saturated rings. The molecular weight excluding hydrogens is 350 g/mol. The van der Waals surface area contributed by atoms with Crippen molar-refractivity contribution in [2.75, 3.05) is 11.9 Å². The van der Waals surface area contributed by atoms with Crippen molar-refractivity contribution in [2.24, 2.45) is 0 Å². The van der Waals surface area contributed by atoms with Crippen LogP contribution in [0.2, 0.25) is 0 Å². The predicted octanol–water partition coefficient (Wildman–Crippen LogP) is 5.93. The molecule has 28 heavy (non-hydrogen) atoms. The summed E-state index contributed by atoms with van der Waals surface area (Å²) in [5, 5.41) is 2.85. The summed E-state index contributed by atoms with van der Waals surface area (Å²) in [6.45, 7) is 6.19. The van der Waals surface area contributed by atoms with Gasteiger partial charge in [0.15, 0.2) is 6.61 Å². The Bertz CT molecular complexity index is 918. The van der Waals surface area contributed by atoms with Gasteiger partial charge >= 0.3 is 0 Å². The van der Waals surface area contributed by atoms with Gasteiger partial charge in [-0.25, -0.2) is 0 Å². The van der Waals surface area contributed by atoms with Crippen molar-refractivity contribution < 1.29 is 14.3 Å². The Morgan fingerprint density at radius 1 is 0.929 bits per heavy atom. The van der Waals surface area contributed by atoms with Crippen molar-refractivity contribution in [3.05, 3.63) is 83.9 Å². The summed E-state index contributed by atoms with van der Waals surface area (Å²) in [5.74, 6) is 2.37. The number of ether oxygens (including phenoxy) is 2. The molecule has 3 aromatic carbocycles. The second-order valence-electron chi connectivity index (χ2n) is 6.97. The Labute approximate surface area is 166 Å². The molecule has 0 aromatic heterocycles. The van der Waals surface area contributed by atoms with E-state index in [4.69, 9.17) is 9.47 Å². The highest BCUT2D eigenvalue weighted by Crippen LogP contribution is 2.27. The highest BCUT2D eigenvalue weighted by molar-refractivity contribution is 5.91. The first-order valence-electron chi connectivity index (χ1n) is 9.37. The van der Waals surface area contributed by atoms with Crippen LogP contribution in [-0.4, -0.2) is 12.5 Å². The Morgan fingerprint density at radius 2 is 1.61 bits per heavy atom. The topological polar surface area (TPSA) is 47.6 Å². The van der Waals surface area contributed by atoms with E-state index in [2.05, 4.69) is 31.3 Å². The van der Waals surface area contributed by atoms with E-state index in [-0.39, 0.29) is 12.5 Å². The van der Waals surface area contributed by atoms with Gasteiger partial charge in [-0.15, -0.1) is 0 Å². The van der Waals surface area contributed by atoms with E-state index in [1.54, 1.807) is 0 Å². The minimum absolute atomic E-state index is 0.0363. The number of rotatable bonds is 7. The van der Waals surface area contributed by atoms with Crippen molar-refractivity contribution in [1.29, 1.82) is 0 Å². The maximum atomic E-state index is 12.3. The molecule has 0 aliphatic carbocycles. The van der Waals surface area contributed by atoms with Gasteiger partial charge in [0, 0.05) is 5.69 Å². The monoisotopic (exact) mass is 375 g/mol. The van der Waals surface area contributed by atoms with Crippen LogP contribution in [0, 0.1) is 6.92 Å². The number of para-hydroxylation sites is 1. The number of hydrogen-bond acceptors (Lipinski definition) is 3. The number of hydrogen-bond donors (Lipinski definition) is 1. The molecule has 4 nitrogen and oxygen atoms in total. The van der Waals surface area contributed by atoms with Gasteiger partial charge in [0.25, 0.3) is 5.91 Å². The molecule has 3 rings (SSSR count). The first-order chi connectivity index (χ1) is 13.5. The number of anilines is 1. The minimum Gasteiger partial charge on any atom is -0.483 e. The molecule has 0 aliphatic heterocycles. The van der Waals surface area contributed by atoms with Gasteiger partial charge in [-0.1, -0.05) is 44.2 Å². The van der Waals surface area contributed by atoms with Crippen LogP contribution in [0.15, 0.2) is 72.8 Å². The lowest BCUT2D eigenvalue weighted by Crippen LogP contribution is -2.20. The molecule has 0 aliphatic rings. The minimum atomic E-state index is -0.201. The van der Waals surface area contributed by atoms with Gasteiger partial charge in [0.1, 0.15) is 17.2 Å². The van der Waals surface area contributed by atoms with Gasteiger partial charge in [0.05, 0.1) is 0 Å². The fourth-order valence-electron chi connectivity index (χ4n) is 2.81. The van der Waals surface area contributed by atoms with Gasteiger partial charge < -0.3 is 14.8 Å². The normalized spacial score (nSPS) is 10.6. The van der Waals surface area contributed by atoms with Crippen LogP contribution in [0.1, 0.15) is 30.9 Å². The first kappa shape index (κ1) is 19.5. The highest BCUT2D eigenvalue weighted by Gasteiger charge is 2.10. The summed E-state index contributed by atoms with van der Waals surface area (Å²) in [4.78, 5) is 12.3. The standard InChI is InChI=1S/C24H25NO3/c1-17(2)22-14-9-18(3)15-23(22)27-16-24(26)25-19-10-12-21(13-11-19)28-20-7-5-4-6-8-20/h4-15,17H,16H2,1-3H3,(H,25,26). The van der Waals surface area contributed by atoms with Crippen LogP contribution < -0.4 is 14.8 Å². The molecular formula is C24H25NO3. The lowest BCUT2D eigenvalue weighted by Gasteiger charge is -2.15. The smallest absolute Gasteiger partial charge is 0.262 e. The first-order valence-corrected chi connectivity index (χ1v) is 9.37. The Morgan fingerprint density at radius 3 is 2.29 bits per heavy atom. The molecule has 4 heteroatoms. The third kappa shape index (κ3) is 5.36. The van der Waals surface area contributed by atoms with E-state index in [9.17, 15) is 4.79 Å². The Kier molecular flexibility index (Phi) is 6.33. The van der Waals surface area contributed by atoms with E-state index < -0.39 is 0 Å². The summed E-state index contributed by atoms with van der Waals surface area (Å²) < 4.78 is 11.5. The van der Waals surface area contributed by atoms with E-state index >= 15 is 0 Å².